The van der Waals surface area contributed by atoms with E-state index >= 15 is 0 Å². The molecule has 2 heterocycles. The third-order valence-corrected chi connectivity index (χ3v) is 5.72. The van der Waals surface area contributed by atoms with Crippen LogP contribution < -0.4 is 4.74 Å². The lowest BCUT2D eigenvalue weighted by Crippen LogP contribution is -2.20. The topological polar surface area (TPSA) is 38.2 Å². The van der Waals surface area contributed by atoms with Crippen molar-refractivity contribution in [2.45, 2.75) is 10.6 Å². The largest absolute Gasteiger partial charge is 0.476 e. The number of benzene rings is 2. The molecule has 0 aliphatic carbocycles. The monoisotopic (exact) mass is 397 g/mol. The molecule has 0 bridgehead atoms. The van der Waals surface area contributed by atoms with Crippen LogP contribution in [0.1, 0.15) is 5.56 Å². The molecule has 0 saturated heterocycles. The number of hydrogen-bond acceptors (Lipinski definition) is 5. The van der Waals surface area contributed by atoms with Gasteiger partial charge in [0, 0.05) is 33.3 Å². The van der Waals surface area contributed by atoms with Crippen molar-refractivity contribution >= 4 is 23.4 Å². The Morgan fingerprint density at radius 1 is 1.07 bits per heavy atom. The summed E-state index contributed by atoms with van der Waals surface area (Å²) in [4.78, 5) is 13.0. The maximum Gasteiger partial charge on any atom is 0.221 e. The fourth-order valence-corrected chi connectivity index (χ4v) is 4.11. The smallest absolute Gasteiger partial charge is 0.221 e. The fraction of sp³-hybridized carbons (Fsp3) is 0.238. The van der Waals surface area contributed by atoms with Crippen molar-refractivity contribution in [3.8, 4) is 28.5 Å². The number of ether oxygens (including phenoxy) is 1. The summed E-state index contributed by atoms with van der Waals surface area (Å²) in [5.74, 6) is 2.14. The summed E-state index contributed by atoms with van der Waals surface area (Å²) in [6.07, 6.45) is 0. The Kier molecular flexibility index (Phi) is 5.34. The summed E-state index contributed by atoms with van der Waals surface area (Å²) in [5, 5.41) is 0.695. The van der Waals surface area contributed by atoms with E-state index in [1.54, 1.807) is 11.8 Å². The van der Waals surface area contributed by atoms with Gasteiger partial charge in [0.2, 0.25) is 5.88 Å². The molecule has 4 nitrogen and oxygen atoms in total. The van der Waals surface area contributed by atoms with E-state index in [1.165, 1.54) is 4.90 Å². The number of hydrogen-bond donors (Lipinski definition) is 0. The molecule has 27 heavy (non-hydrogen) atoms. The van der Waals surface area contributed by atoms with Crippen molar-refractivity contribution in [3.63, 3.8) is 0 Å². The molecule has 0 fully saturated rings. The first-order valence-electron chi connectivity index (χ1n) is 8.78. The average molecular weight is 398 g/mol. The zero-order valence-corrected chi connectivity index (χ0v) is 16.8. The first-order chi connectivity index (χ1) is 13.1. The van der Waals surface area contributed by atoms with Gasteiger partial charge in [0.1, 0.15) is 6.61 Å². The van der Waals surface area contributed by atoms with E-state index in [9.17, 15) is 0 Å². The van der Waals surface area contributed by atoms with Gasteiger partial charge in [0.25, 0.3) is 0 Å². The highest BCUT2D eigenvalue weighted by atomic mass is 35.5. The van der Waals surface area contributed by atoms with Crippen molar-refractivity contribution in [1.29, 1.82) is 0 Å². The van der Waals surface area contributed by atoms with Gasteiger partial charge in [-0.05, 0) is 44.4 Å². The molecule has 2 aromatic carbocycles. The molecule has 0 unspecified atom stereocenters. The number of aromatic nitrogens is 2. The van der Waals surface area contributed by atoms with Crippen molar-refractivity contribution in [1.82, 2.24) is 14.9 Å². The van der Waals surface area contributed by atoms with Crippen LogP contribution in [0.4, 0.5) is 0 Å². The van der Waals surface area contributed by atoms with Crippen LogP contribution in [0.25, 0.3) is 22.6 Å². The normalized spacial score (nSPS) is 12.6. The van der Waals surface area contributed by atoms with E-state index in [0.717, 1.165) is 34.7 Å². The molecule has 138 valence electrons. The third kappa shape index (κ3) is 3.95. The van der Waals surface area contributed by atoms with Crippen LogP contribution in [0.2, 0.25) is 5.02 Å². The van der Waals surface area contributed by atoms with Crippen LogP contribution in [-0.2, 0) is 5.75 Å². The second kappa shape index (κ2) is 7.89. The van der Waals surface area contributed by atoms with Gasteiger partial charge in [-0.3, -0.25) is 0 Å². The summed E-state index contributed by atoms with van der Waals surface area (Å²) in [5.41, 5.74) is 4.09. The van der Waals surface area contributed by atoms with Crippen molar-refractivity contribution in [2.24, 2.45) is 0 Å². The van der Waals surface area contributed by atoms with Crippen molar-refractivity contribution < 1.29 is 4.74 Å². The lowest BCUT2D eigenvalue weighted by atomic mass is 10.1. The van der Waals surface area contributed by atoms with Gasteiger partial charge in [0.15, 0.2) is 5.82 Å². The highest BCUT2D eigenvalue weighted by Gasteiger charge is 2.24. The van der Waals surface area contributed by atoms with Crippen LogP contribution in [-0.4, -0.2) is 42.1 Å². The number of thioether (sulfide) groups is 1. The first kappa shape index (κ1) is 18.3. The van der Waals surface area contributed by atoms with Gasteiger partial charge in [-0.2, -0.15) is 4.98 Å². The number of likely N-dealkylation sites (N-methyl/N-ethyl adjacent to an activating group) is 1. The van der Waals surface area contributed by atoms with Gasteiger partial charge >= 0.3 is 0 Å². The Labute approximate surface area is 168 Å². The zero-order valence-electron chi connectivity index (χ0n) is 15.3. The Hall–Kier alpha value is -2.08. The summed E-state index contributed by atoms with van der Waals surface area (Å²) in [6.45, 7) is 1.42. The molecular weight excluding hydrogens is 378 g/mol. The van der Waals surface area contributed by atoms with Crippen molar-refractivity contribution in [3.05, 3.63) is 59.1 Å². The lowest BCUT2D eigenvalue weighted by molar-refractivity contribution is 0.252. The maximum absolute atomic E-state index is 6.08. The molecule has 1 aliphatic heterocycles. The molecular formula is C21H20ClN3OS. The molecule has 0 radical (unpaired) electrons. The van der Waals surface area contributed by atoms with Gasteiger partial charge < -0.3 is 9.64 Å². The Morgan fingerprint density at radius 3 is 2.63 bits per heavy atom. The van der Waals surface area contributed by atoms with Gasteiger partial charge in [-0.25, -0.2) is 4.98 Å². The van der Waals surface area contributed by atoms with Crippen LogP contribution in [0.3, 0.4) is 0 Å². The fourth-order valence-electron chi connectivity index (χ4n) is 2.93. The summed E-state index contributed by atoms with van der Waals surface area (Å²) < 4.78 is 6.08. The molecule has 1 aliphatic rings. The molecule has 0 spiro atoms. The minimum Gasteiger partial charge on any atom is -0.476 e. The molecule has 4 rings (SSSR count). The molecule has 0 atom stereocenters. The van der Waals surface area contributed by atoms with Crippen LogP contribution in [0.15, 0.2) is 53.4 Å². The van der Waals surface area contributed by atoms with E-state index in [0.29, 0.717) is 23.3 Å². The number of fused-ring (bicyclic) bond motifs is 3. The summed E-state index contributed by atoms with van der Waals surface area (Å²) >= 11 is 7.84. The highest BCUT2D eigenvalue weighted by Crippen LogP contribution is 2.43. The lowest BCUT2D eigenvalue weighted by Gasteiger charge is -2.22. The Bertz CT molecular complexity index is 960. The molecule has 0 saturated carbocycles. The third-order valence-electron chi connectivity index (χ3n) is 4.36. The SMILES string of the molecule is CN(C)CCOc1nc(-c2ccc(Cl)cc2)nc2c1CSc1ccccc1-2. The Morgan fingerprint density at radius 2 is 1.85 bits per heavy atom. The second-order valence-corrected chi connectivity index (χ2v) is 8.08. The standard InChI is InChI=1S/C21H20ClN3OS/c1-25(2)11-12-26-21-17-13-27-18-6-4-3-5-16(18)19(17)23-20(24-21)14-7-9-15(22)10-8-14/h3-10H,11-13H2,1-2H3. The maximum atomic E-state index is 6.08. The zero-order chi connectivity index (χ0) is 18.8. The van der Waals surface area contributed by atoms with E-state index < -0.39 is 0 Å². The highest BCUT2D eigenvalue weighted by molar-refractivity contribution is 7.98. The summed E-state index contributed by atoms with van der Waals surface area (Å²) in [6, 6.07) is 16.0. The predicted molar refractivity (Wildman–Crippen MR) is 112 cm³/mol. The molecule has 0 N–H and O–H groups in total. The Balaban J connectivity index is 1.81. The van der Waals surface area contributed by atoms with Gasteiger partial charge in [0.05, 0.1) is 11.3 Å². The molecule has 3 aromatic rings. The second-order valence-electron chi connectivity index (χ2n) is 6.62. The van der Waals surface area contributed by atoms with Gasteiger partial charge in [-0.15, -0.1) is 11.8 Å². The number of nitrogens with zero attached hydrogens (tertiary/aromatic N) is 3. The van der Waals surface area contributed by atoms with E-state index in [4.69, 9.17) is 26.3 Å². The molecule has 6 heteroatoms. The van der Waals surface area contributed by atoms with E-state index in [1.807, 2.05) is 44.4 Å². The average Bonchev–Trinajstić information content (AvgIpc) is 2.68. The quantitative estimate of drug-likeness (QED) is 0.605. The number of halogens is 1. The molecule has 1 aromatic heterocycles. The predicted octanol–water partition coefficient (Wildman–Crippen LogP) is 5.01. The number of rotatable bonds is 5. The first-order valence-corrected chi connectivity index (χ1v) is 10.1. The van der Waals surface area contributed by atoms with Gasteiger partial charge in [-0.1, -0.05) is 29.8 Å². The van der Waals surface area contributed by atoms with Crippen LogP contribution >= 0.6 is 23.4 Å². The summed E-state index contributed by atoms with van der Waals surface area (Å²) in [7, 11) is 4.06. The van der Waals surface area contributed by atoms with Crippen molar-refractivity contribution in [2.75, 3.05) is 27.2 Å². The minimum atomic E-state index is 0.586. The molecule has 0 amide bonds. The van der Waals surface area contributed by atoms with Crippen LogP contribution in [0.5, 0.6) is 5.88 Å². The van der Waals surface area contributed by atoms with E-state index in [2.05, 4.69) is 23.1 Å². The van der Waals surface area contributed by atoms with E-state index in [-0.39, 0.29) is 0 Å². The van der Waals surface area contributed by atoms with Crippen LogP contribution in [0, 0.1) is 0 Å². The minimum absolute atomic E-state index is 0.586.